The molecule has 0 spiro atoms. The van der Waals surface area contributed by atoms with E-state index >= 15 is 0 Å². The number of aryl methyl sites for hydroxylation is 2. The third kappa shape index (κ3) is 3.32. The predicted molar refractivity (Wildman–Crippen MR) is 67.0 cm³/mol. The van der Waals surface area contributed by atoms with Crippen LogP contribution in [0.1, 0.15) is 34.0 Å². The number of aliphatic hydroxyl groups is 1. The molecule has 1 unspecified atom stereocenters. The topological polar surface area (TPSA) is 49.3 Å². The van der Waals surface area contributed by atoms with Crippen molar-refractivity contribution in [2.24, 2.45) is 5.92 Å². The minimum Gasteiger partial charge on any atom is -0.391 e. The van der Waals surface area contributed by atoms with E-state index in [2.05, 4.69) is 5.32 Å². The second-order valence-corrected chi connectivity index (χ2v) is 5.81. The molecule has 90 valence electrons. The molecule has 16 heavy (non-hydrogen) atoms. The van der Waals surface area contributed by atoms with Crippen molar-refractivity contribution in [2.75, 3.05) is 6.54 Å². The quantitative estimate of drug-likeness (QED) is 0.848. The molecular weight excluding hydrogens is 222 g/mol. The van der Waals surface area contributed by atoms with Crippen LogP contribution < -0.4 is 5.32 Å². The van der Waals surface area contributed by atoms with Crippen molar-refractivity contribution in [2.45, 2.75) is 33.8 Å². The van der Waals surface area contributed by atoms with Gasteiger partial charge in [-0.3, -0.25) is 4.79 Å². The van der Waals surface area contributed by atoms with Gasteiger partial charge in [0.1, 0.15) is 0 Å². The van der Waals surface area contributed by atoms with Crippen LogP contribution in [0.3, 0.4) is 0 Å². The Bertz CT molecular complexity index is 371. The van der Waals surface area contributed by atoms with Crippen molar-refractivity contribution in [1.29, 1.82) is 0 Å². The molecule has 1 aromatic rings. The van der Waals surface area contributed by atoms with Gasteiger partial charge in [-0.05, 0) is 25.8 Å². The highest BCUT2D eigenvalue weighted by Gasteiger charge is 2.14. The van der Waals surface area contributed by atoms with Crippen LogP contribution in [0.25, 0.3) is 0 Å². The number of aliphatic hydroxyl groups excluding tert-OH is 1. The Morgan fingerprint density at radius 2 is 2.12 bits per heavy atom. The molecule has 0 aliphatic heterocycles. The summed E-state index contributed by atoms with van der Waals surface area (Å²) in [5.41, 5.74) is 0.721. The first-order chi connectivity index (χ1) is 7.41. The molecule has 1 aromatic heterocycles. The van der Waals surface area contributed by atoms with Crippen LogP contribution >= 0.6 is 11.3 Å². The smallest absolute Gasteiger partial charge is 0.252 e. The molecule has 0 bridgehead atoms. The van der Waals surface area contributed by atoms with Crippen LogP contribution in [0.4, 0.5) is 0 Å². The molecule has 0 saturated heterocycles. The highest BCUT2D eigenvalue weighted by atomic mass is 32.1. The summed E-state index contributed by atoms with van der Waals surface area (Å²) in [6, 6.07) is 1.89. The van der Waals surface area contributed by atoms with Crippen molar-refractivity contribution >= 4 is 17.2 Å². The number of carbonyl (C=O) groups excluding carboxylic acids is 1. The Kier molecular flexibility index (Phi) is 4.50. The lowest BCUT2D eigenvalue weighted by atomic mass is 10.1. The summed E-state index contributed by atoms with van der Waals surface area (Å²) in [5, 5.41) is 12.3. The van der Waals surface area contributed by atoms with Crippen LogP contribution in [0.5, 0.6) is 0 Å². The Balaban J connectivity index is 2.56. The summed E-state index contributed by atoms with van der Waals surface area (Å²) in [6.07, 6.45) is -0.482. The monoisotopic (exact) mass is 241 g/mol. The first-order valence-corrected chi connectivity index (χ1v) is 6.26. The zero-order valence-corrected chi connectivity index (χ0v) is 11.0. The molecule has 1 rings (SSSR count). The molecule has 2 N–H and O–H groups in total. The van der Waals surface area contributed by atoms with E-state index in [0.29, 0.717) is 6.54 Å². The van der Waals surface area contributed by atoms with E-state index in [9.17, 15) is 9.90 Å². The van der Waals surface area contributed by atoms with E-state index in [1.807, 2.05) is 33.8 Å². The lowest BCUT2D eigenvalue weighted by Crippen LogP contribution is -2.34. The molecule has 0 saturated carbocycles. The molecule has 1 amide bonds. The van der Waals surface area contributed by atoms with Gasteiger partial charge in [0, 0.05) is 16.3 Å². The lowest BCUT2D eigenvalue weighted by Gasteiger charge is -2.14. The van der Waals surface area contributed by atoms with Crippen LogP contribution in [0.2, 0.25) is 0 Å². The molecule has 4 heteroatoms. The Morgan fingerprint density at radius 1 is 1.50 bits per heavy atom. The van der Waals surface area contributed by atoms with Crippen molar-refractivity contribution in [3.8, 4) is 0 Å². The number of hydrogen-bond donors (Lipinski definition) is 2. The molecular formula is C12H19NO2S. The van der Waals surface area contributed by atoms with Crippen molar-refractivity contribution in [1.82, 2.24) is 5.32 Å². The van der Waals surface area contributed by atoms with Gasteiger partial charge in [0.15, 0.2) is 0 Å². The van der Waals surface area contributed by atoms with Gasteiger partial charge in [-0.15, -0.1) is 11.3 Å². The Labute approximate surface area is 100 Å². The predicted octanol–water partition coefficient (Wildman–Crippen LogP) is 2.11. The highest BCUT2D eigenvalue weighted by molar-refractivity contribution is 7.12. The van der Waals surface area contributed by atoms with Crippen molar-refractivity contribution in [3.63, 3.8) is 0 Å². The van der Waals surface area contributed by atoms with Gasteiger partial charge in [-0.25, -0.2) is 0 Å². The maximum absolute atomic E-state index is 11.8. The molecule has 3 nitrogen and oxygen atoms in total. The molecule has 1 atom stereocenters. The minimum absolute atomic E-state index is 0.0958. The molecule has 0 aliphatic rings. The van der Waals surface area contributed by atoms with Gasteiger partial charge in [0.05, 0.1) is 11.7 Å². The molecule has 0 aliphatic carbocycles. The zero-order valence-electron chi connectivity index (χ0n) is 10.2. The number of rotatable bonds is 4. The van der Waals surface area contributed by atoms with Gasteiger partial charge in [0.25, 0.3) is 5.91 Å². The first-order valence-electron chi connectivity index (χ1n) is 5.45. The maximum Gasteiger partial charge on any atom is 0.252 e. The summed E-state index contributed by atoms with van der Waals surface area (Å²) < 4.78 is 0. The van der Waals surface area contributed by atoms with E-state index in [4.69, 9.17) is 0 Å². The third-order valence-electron chi connectivity index (χ3n) is 2.53. The van der Waals surface area contributed by atoms with Crippen molar-refractivity contribution < 1.29 is 9.90 Å². The van der Waals surface area contributed by atoms with Gasteiger partial charge >= 0.3 is 0 Å². The zero-order chi connectivity index (χ0) is 12.3. The number of thiophene rings is 1. The van der Waals surface area contributed by atoms with Crippen LogP contribution in [-0.2, 0) is 0 Å². The van der Waals surface area contributed by atoms with E-state index in [0.717, 1.165) is 15.3 Å². The number of nitrogens with one attached hydrogen (secondary N) is 1. The van der Waals surface area contributed by atoms with Crippen LogP contribution in [0, 0.1) is 19.8 Å². The van der Waals surface area contributed by atoms with E-state index in [-0.39, 0.29) is 11.8 Å². The normalized spacial score (nSPS) is 12.9. The SMILES string of the molecule is Cc1cc(C(=O)NCC(O)C(C)C)c(C)s1. The maximum atomic E-state index is 11.8. The Hall–Kier alpha value is -0.870. The second kappa shape index (κ2) is 5.46. The number of hydrogen-bond acceptors (Lipinski definition) is 3. The van der Waals surface area contributed by atoms with E-state index in [1.165, 1.54) is 0 Å². The second-order valence-electron chi connectivity index (χ2n) is 4.35. The Morgan fingerprint density at radius 3 is 2.56 bits per heavy atom. The summed E-state index contributed by atoms with van der Waals surface area (Å²) in [6.45, 7) is 8.08. The molecule has 0 fully saturated rings. The summed E-state index contributed by atoms with van der Waals surface area (Å²) in [4.78, 5) is 13.9. The summed E-state index contributed by atoms with van der Waals surface area (Å²) in [5.74, 6) is 0.0622. The standard InChI is InChI=1S/C12H19NO2S/c1-7(2)11(14)6-13-12(15)10-5-8(3)16-9(10)4/h5,7,11,14H,6H2,1-4H3,(H,13,15). The third-order valence-corrected chi connectivity index (χ3v) is 3.49. The first kappa shape index (κ1) is 13.2. The molecule has 0 aromatic carbocycles. The number of amides is 1. The minimum atomic E-state index is -0.482. The van der Waals surface area contributed by atoms with Gasteiger partial charge < -0.3 is 10.4 Å². The summed E-state index contributed by atoms with van der Waals surface area (Å²) in [7, 11) is 0. The summed E-state index contributed by atoms with van der Waals surface area (Å²) >= 11 is 1.61. The van der Waals surface area contributed by atoms with Crippen molar-refractivity contribution in [3.05, 3.63) is 21.4 Å². The lowest BCUT2D eigenvalue weighted by molar-refractivity contribution is 0.0871. The van der Waals surface area contributed by atoms with Crippen LogP contribution in [-0.4, -0.2) is 23.7 Å². The van der Waals surface area contributed by atoms with E-state index in [1.54, 1.807) is 11.3 Å². The van der Waals surface area contributed by atoms with Gasteiger partial charge in [-0.1, -0.05) is 13.8 Å². The number of carbonyl (C=O) groups is 1. The van der Waals surface area contributed by atoms with Gasteiger partial charge in [0.2, 0.25) is 0 Å². The molecule has 1 heterocycles. The van der Waals surface area contributed by atoms with Crippen LogP contribution in [0.15, 0.2) is 6.07 Å². The average molecular weight is 241 g/mol. The highest BCUT2D eigenvalue weighted by Crippen LogP contribution is 2.20. The molecule has 0 radical (unpaired) electrons. The van der Waals surface area contributed by atoms with Gasteiger partial charge in [-0.2, -0.15) is 0 Å². The largest absolute Gasteiger partial charge is 0.391 e. The average Bonchev–Trinajstić information content (AvgIpc) is 2.53. The van der Waals surface area contributed by atoms with E-state index < -0.39 is 6.10 Å². The fourth-order valence-corrected chi connectivity index (χ4v) is 2.31. The fourth-order valence-electron chi connectivity index (χ4n) is 1.38. The fraction of sp³-hybridized carbons (Fsp3) is 0.583.